The average molecular weight is 286 g/mol. The topological polar surface area (TPSA) is 21.3 Å². The molecule has 0 aromatic heterocycles. The van der Waals surface area contributed by atoms with Gasteiger partial charge in [0.2, 0.25) is 0 Å². The van der Waals surface area contributed by atoms with E-state index in [0.29, 0.717) is 12.1 Å². The largest absolute Gasteiger partial charge is 0.411 e. The number of hydrogen-bond acceptors (Lipinski definition) is 2. The second kappa shape index (κ2) is 6.92. The first-order chi connectivity index (χ1) is 8.38. The first-order valence-electron chi connectivity index (χ1n) is 5.17. The summed E-state index contributed by atoms with van der Waals surface area (Å²) < 4.78 is 52.6. The summed E-state index contributed by atoms with van der Waals surface area (Å²) in [4.78, 5) is 0. The molecule has 0 fully saturated rings. The van der Waals surface area contributed by atoms with Gasteiger partial charge >= 0.3 is 6.18 Å². The maximum absolute atomic E-state index is 13.0. The Labute approximate surface area is 107 Å². The van der Waals surface area contributed by atoms with Gasteiger partial charge in [-0.2, -0.15) is 13.2 Å². The zero-order valence-electron chi connectivity index (χ0n) is 9.36. The van der Waals surface area contributed by atoms with Gasteiger partial charge in [-0.1, -0.05) is 17.7 Å². The smallest absolute Gasteiger partial charge is 0.371 e. The third-order valence-electron chi connectivity index (χ3n) is 2.00. The van der Waals surface area contributed by atoms with Gasteiger partial charge in [0.25, 0.3) is 0 Å². The van der Waals surface area contributed by atoms with Crippen LogP contribution < -0.4 is 5.32 Å². The Hall–Kier alpha value is -0.850. The number of hydrogen-bond donors (Lipinski definition) is 1. The minimum absolute atomic E-state index is 0.0345. The molecule has 2 nitrogen and oxygen atoms in total. The number of halogens is 5. The van der Waals surface area contributed by atoms with Crippen LogP contribution in [0.5, 0.6) is 0 Å². The minimum atomic E-state index is -4.31. The highest BCUT2D eigenvalue weighted by Gasteiger charge is 2.27. The summed E-state index contributed by atoms with van der Waals surface area (Å²) in [6.07, 6.45) is -4.31. The highest BCUT2D eigenvalue weighted by molar-refractivity contribution is 6.30. The van der Waals surface area contributed by atoms with E-state index in [9.17, 15) is 17.6 Å². The van der Waals surface area contributed by atoms with Crippen LogP contribution in [0.25, 0.3) is 0 Å². The van der Waals surface area contributed by atoms with Crippen molar-refractivity contribution in [1.82, 2.24) is 5.32 Å². The molecule has 0 radical (unpaired) electrons. The van der Waals surface area contributed by atoms with E-state index in [2.05, 4.69) is 10.1 Å². The Morgan fingerprint density at radius 2 is 2.00 bits per heavy atom. The van der Waals surface area contributed by atoms with Crippen LogP contribution in [0.15, 0.2) is 18.2 Å². The van der Waals surface area contributed by atoms with Crippen LogP contribution in [-0.4, -0.2) is 25.9 Å². The predicted molar refractivity (Wildman–Crippen MR) is 60.0 cm³/mol. The second-order valence-electron chi connectivity index (χ2n) is 3.59. The Bertz CT molecular complexity index is 384. The first kappa shape index (κ1) is 15.2. The number of nitrogens with one attached hydrogen (secondary N) is 1. The maximum atomic E-state index is 13.0. The monoisotopic (exact) mass is 285 g/mol. The van der Waals surface area contributed by atoms with E-state index in [4.69, 9.17) is 11.6 Å². The summed E-state index contributed by atoms with van der Waals surface area (Å²) in [5.41, 5.74) is 0.660. The van der Waals surface area contributed by atoms with Gasteiger partial charge in [0.05, 0.1) is 11.6 Å². The van der Waals surface area contributed by atoms with Crippen molar-refractivity contribution in [2.45, 2.75) is 12.7 Å². The third kappa shape index (κ3) is 6.18. The molecule has 7 heteroatoms. The summed E-state index contributed by atoms with van der Waals surface area (Å²) in [6.45, 7) is -0.733. The predicted octanol–water partition coefficient (Wildman–Crippen LogP) is 3.15. The molecular weight excluding hydrogens is 274 g/mol. The van der Waals surface area contributed by atoms with Gasteiger partial charge in [-0.05, 0) is 17.7 Å². The maximum Gasteiger partial charge on any atom is 0.411 e. The van der Waals surface area contributed by atoms with Crippen LogP contribution in [0.1, 0.15) is 5.56 Å². The summed E-state index contributed by atoms with van der Waals surface area (Å²) in [6, 6.07) is 4.33. The molecule has 0 atom stereocenters. The molecule has 0 spiro atoms. The molecule has 0 aliphatic heterocycles. The molecule has 0 unspecified atom stereocenters. The Balaban J connectivity index is 2.16. The fourth-order valence-corrected chi connectivity index (χ4v) is 1.33. The molecule has 102 valence electrons. The van der Waals surface area contributed by atoms with Crippen molar-refractivity contribution in [2.75, 3.05) is 19.8 Å². The quantitative estimate of drug-likeness (QED) is 0.640. The lowest BCUT2D eigenvalue weighted by Crippen LogP contribution is -2.23. The minimum Gasteiger partial charge on any atom is -0.371 e. The fraction of sp³-hybridized carbons (Fsp3) is 0.455. The van der Waals surface area contributed by atoms with Gasteiger partial charge in [0.1, 0.15) is 12.4 Å². The summed E-state index contributed by atoms with van der Waals surface area (Å²) in [7, 11) is 0. The molecule has 0 bridgehead atoms. The Kier molecular flexibility index (Phi) is 5.84. The van der Waals surface area contributed by atoms with E-state index in [0.717, 1.165) is 0 Å². The van der Waals surface area contributed by atoms with Gasteiger partial charge < -0.3 is 10.1 Å². The summed E-state index contributed by atoms with van der Waals surface area (Å²) in [5.74, 6) is -0.524. The Morgan fingerprint density at radius 3 is 2.61 bits per heavy atom. The Morgan fingerprint density at radius 1 is 1.28 bits per heavy atom. The molecular formula is C11H12ClF4NO. The molecule has 0 heterocycles. The highest BCUT2D eigenvalue weighted by atomic mass is 35.5. The molecule has 1 rings (SSSR count). The molecule has 0 aliphatic rings. The van der Waals surface area contributed by atoms with Crippen LogP contribution in [0.3, 0.4) is 0 Å². The van der Waals surface area contributed by atoms with E-state index < -0.39 is 18.6 Å². The van der Waals surface area contributed by atoms with Crippen molar-refractivity contribution in [3.63, 3.8) is 0 Å². The average Bonchev–Trinajstić information content (AvgIpc) is 2.26. The number of benzene rings is 1. The van der Waals surface area contributed by atoms with Gasteiger partial charge in [-0.3, -0.25) is 0 Å². The van der Waals surface area contributed by atoms with Gasteiger partial charge in [0, 0.05) is 13.1 Å². The number of alkyl halides is 3. The highest BCUT2D eigenvalue weighted by Crippen LogP contribution is 2.15. The molecule has 1 aromatic rings. The van der Waals surface area contributed by atoms with Gasteiger partial charge in [-0.25, -0.2) is 4.39 Å². The number of ether oxygens (including phenoxy) is 1. The molecule has 18 heavy (non-hydrogen) atoms. The molecule has 0 amide bonds. The molecule has 1 N–H and O–H groups in total. The van der Waals surface area contributed by atoms with Crippen LogP contribution in [0, 0.1) is 5.82 Å². The van der Waals surface area contributed by atoms with Crippen LogP contribution in [-0.2, 0) is 11.3 Å². The normalized spacial score (nSPS) is 11.8. The number of rotatable bonds is 6. The van der Waals surface area contributed by atoms with Crippen molar-refractivity contribution in [1.29, 1.82) is 0 Å². The summed E-state index contributed by atoms with van der Waals surface area (Å²) in [5, 5.41) is 2.87. The molecule has 0 saturated carbocycles. The van der Waals surface area contributed by atoms with Crippen molar-refractivity contribution in [3.05, 3.63) is 34.6 Å². The van der Waals surface area contributed by atoms with Crippen LogP contribution in [0.2, 0.25) is 5.02 Å². The second-order valence-corrected chi connectivity index (χ2v) is 4.00. The van der Waals surface area contributed by atoms with Crippen LogP contribution in [0.4, 0.5) is 17.6 Å². The fourth-order valence-electron chi connectivity index (χ4n) is 1.21. The lowest BCUT2D eigenvalue weighted by atomic mass is 10.2. The van der Waals surface area contributed by atoms with Gasteiger partial charge in [0.15, 0.2) is 0 Å². The van der Waals surface area contributed by atoms with E-state index >= 15 is 0 Å². The van der Waals surface area contributed by atoms with Crippen molar-refractivity contribution in [3.8, 4) is 0 Å². The van der Waals surface area contributed by atoms with Gasteiger partial charge in [-0.15, -0.1) is 0 Å². The zero-order valence-corrected chi connectivity index (χ0v) is 10.1. The zero-order chi connectivity index (χ0) is 13.6. The lowest BCUT2D eigenvalue weighted by molar-refractivity contribution is -0.173. The first-order valence-corrected chi connectivity index (χ1v) is 5.55. The lowest BCUT2D eigenvalue weighted by Gasteiger charge is -2.08. The van der Waals surface area contributed by atoms with Crippen molar-refractivity contribution in [2.24, 2.45) is 0 Å². The SMILES string of the molecule is Fc1cc(CNCCOCC(F)(F)F)ccc1Cl. The molecule has 0 aliphatic carbocycles. The van der Waals surface area contributed by atoms with E-state index in [1.54, 1.807) is 6.07 Å². The summed E-state index contributed by atoms with van der Waals surface area (Å²) >= 11 is 5.50. The third-order valence-corrected chi connectivity index (χ3v) is 2.31. The van der Waals surface area contributed by atoms with E-state index in [1.165, 1.54) is 12.1 Å². The van der Waals surface area contributed by atoms with Crippen molar-refractivity contribution < 1.29 is 22.3 Å². The standard InChI is InChI=1S/C11H12ClF4NO/c12-9-2-1-8(5-10(9)13)6-17-3-4-18-7-11(14,15)16/h1-2,5,17H,3-4,6-7H2. The van der Waals surface area contributed by atoms with Crippen LogP contribution >= 0.6 is 11.6 Å². The van der Waals surface area contributed by atoms with E-state index in [1.807, 2.05) is 0 Å². The van der Waals surface area contributed by atoms with E-state index in [-0.39, 0.29) is 18.2 Å². The molecule has 0 saturated heterocycles. The van der Waals surface area contributed by atoms with Crippen molar-refractivity contribution >= 4 is 11.6 Å². The molecule has 1 aromatic carbocycles.